The van der Waals surface area contributed by atoms with Crippen LogP contribution in [-0.2, 0) is 11.2 Å². The molecule has 2 aromatic heterocycles. The Morgan fingerprint density at radius 3 is 1.54 bits per heavy atom. The number of benzene rings is 2. The first-order valence-electron chi connectivity index (χ1n) is 18.1. The number of esters is 1. The highest BCUT2D eigenvalue weighted by molar-refractivity contribution is 7.12. The zero-order chi connectivity index (χ0) is 40.5. The van der Waals surface area contributed by atoms with Gasteiger partial charge in [-0.05, 0) is 94.0 Å². The summed E-state index contributed by atoms with van der Waals surface area (Å²) < 4.78 is 14.9. The molecule has 2 heterocycles. The van der Waals surface area contributed by atoms with Crippen molar-refractivity contribution in [2.24, 2.45) is 0 Å². The molecule has 0 bridgehead atoms. The molecular weight excluding hydrogens is 725 g/mol. The lowest BCUT2D eigenvalue weighted by molar-refractivity contribution is 0.0599. The van der Waals surface area contributed by atoms with Crippen LogP contribution >= 0.6 is 22.7 Å². The van der Waals surface area contributed by atoms with Crippen LogP contribution in [0.3, 0.4) is 0 Å². The van der Waals surface area contributed by atoms with E-state index in [-0.39, 0.29) is 35.9 Å². The van der Waals surface area contributed by atoms with Crippen LogP contribution in [0, 0.1) is 6.92 Å². The lowest BCUT2D eigenvalue weighted by Gasteiger charge is -2.20. The fraction of sp³-hybridized carbons (Fsp3) is 0.463. The van der Waals surface area contributed by atoms with E-state index in [1.807, 2.05) is 96.2 Å². The normalized spacial score (nSPS) is 10.5. The molecule has 0 radical (unpaired) electrons. The third-order valence-electron chi connectivity index (χ3n) is 8.48. The highest BCUT2D eigenvalue weighted by atomic mass is 32.1. The van der Waals surface area contributed by atoms with E-state index in [4.69, 9.17) is 9.47 Å². The van der Waals surface area contributed by atoms with Crippen molar-refractivity contribution in [2.45, 2.75) is 80.6 Å². The summed E-state index contributed by atoms with van der Waals surface area (Å²) in [4.78, 5) is 60.7. The summed E-state index contributed by atoms with van der Waals surface area (Å²) in [7, 11) is 4.56. The number of nitrogens with zero attached hydrogens (tertiary/aromatic N) is 4. The monoisotopic (exact) mass is 780 g/mol. The molecule has 13 heteroatoms. The first-order chi connectivity index (χ1) is 25.7. The van der Waals surface area contributed by atoms with Crippen molar-refractivity contribution in [2.75, 3.05) is 47.5 Å². The molecule has 0 aliphatic heterocycles. The Morgan fingerprint density at radius 1 is 0.667 bits per heavy atom. The van der Waals surface area contributed by atoms with Crippen LogP contribution < -0.4 is 9.47 Å². The molecule has 0 aliphatic carbocycles. The fourth-order valence-corrected chi connectivity index (χ4v) is 6.89. The van der Waals surface area contributed by atoms with E-state index in [9.17, 15) is 19.2 Å². The number of carbonyl (C=O) groups excluding carboxylic acids is 4. The van der Waals surface area contributed by atoms with Crippen molar-refractivity contribution in [3.05, 3.63) is 90.8 Å². The number of hydrogen-bond donors (Lipinski definition) is 0. The Bertz CT molecular complexity index is 1830. The van der Waals surface area contributed by atoms with Crippen LogP contribution in [0.5, 0.6) is 11.5 Å². The van der Waals surface area contributed by atoms with Gasteiger partial charge in [0.05, 0.1) is 32.7 Å². The van der Waals surface area contributed by atoms with Crippen molar-refractivity contribution in [1.82, 2.24) is 19.8 Å². The maximum atomic E-state index is 12.8. The third-order valence-corrected chi connectivity index (χ3v) is 10.2. The molecule has 4 aromatic rings. The smallest absolute Gasteiger partial charge is 0.367 e. The molecule has 0 N–H and O–H groups in total. The lowest BCUT2D eigenvalue weighted by Crippen LogP contribution is -2.31. The zero-order valence-electron chi connectivity index (χ0n) is 33.8. The molecule has 11 nitrogen and oxygen atoms in total. The van der Waals surface area contributed by atoms with Gasteiger partial charge >= 0.3 is 5.97 Å². The second-order valence-corrected chi connectivity index (χ2v) is 14.4. The van der Waals surface area contributed by atoms with E-state index in [2.05, 4.69) is 14.7 Å². The first-order valence-corrected chi connectivity index (χ1v) is 19.9. The predicted molar refractivity (Wildman–Crippen MR) is 217 cm³/mol. The molecule has 54 heavy (non-hydrogen) atoms. The zero-order valence-corrected chi connectivity index (χ0v) is 35.4. The van der Waals surface area contributed by atoms with Crippen LogP contribution in [0.15, 0.2) is 47.2 Å². The molecule has 294 valence electrons. The number of ether oxygens (including phenoxy) is 3. The SMILES string of the molecule is CCN(CC)C(=O)c1ccc(OC)cc1C.CCN(CC)C(=O)c1ccc(OC)cc1CC(=O)c1nc(C(C)C)cs1.COC(=O)c1nc(C(C)C)cs1. The van der Waals surface area contributed by atoms with Crippen LogP contribution in [0.4, 0.5) is 0 Å². The van der Waals surface area contributed by atoms with Gasteiger partial charge in [-0.3, -0.25) is 14.4 Å². The number of rotatable bonds is 14. The Hall–Kier alpha value is -4.62. The summed E-state index contributed by atoms with van der Waals surface area (Å²) in [5, 5.41) is 4.72. The van der Waals surface area contributed by atoms with Crippen LogP contribution in [0.2, 0.25) is 0 Å². The Morgan fingerprint density at radius 2 is 1.11 bits per heavy atom. The minimum absolute atomic E-state index is 0.0672. The molecule has 2 amide bonds. The molecule has 0 saturated heterocycles. The van der Waals surface area contributed by atoms with Crippen molar-refractivity contribution >= 4 is 46.2 Å². The molecule has 0 fully saturated rings. The summed E-state index contributed by atoms with van der Waals surface area (Å²) >= 11 is 2.68. The number of carbonyl (C=O) groups is 4. The van der Waals surface area contributed by atoms with Gasteiger partial charge in [-0.25, -0.2) is 14.8 Å². The van der Waals surface area contributed by atoms with E-state index in [0.29, 0.717) is 45.9 Å². The van der Waals surface area contributed by atoms with E-state index >= 15 is 0 Å². The summed E-state index contributed by atoms with van der Waals surface area (Å²) in [6.45, 7) is 20.7. The Balaban J connectivity index is 0.000000306. The standard InChI is InChI=1S/C20H26N2O3S.C13H19NO2.C8H11NO2S/c1-6-22(7-2)20(24)16-9-8-15(25-5)10-14(16)11-18(23)19-21-17(12-26-19)13(3)4;1-5-14(6-2)13(15)12-8-7-11(16-4)9-10(12)3;1-5(2)6-4-12-7(9-6)8(10)11-3/h8-10,12-13H,6-7,11H2,1-5H3;7-9H,5-6H2,1-4H3;4-5H,1-3H3. The minimum atomic E-state index is -0.355. The van der Waals surface area contributed by atoms with Gasteiger partial charge in [-0.15, -0.1) is 22.7 Å². The van der Waals surface area contributed by atoms with Gasteiger partial charge in [-0.2, -0.15) is 0 Å². The highest BCUT2D eigenvalue weighted by Crippen LogP contribution is 2.24. The Labute approximate surface area is 328 Å². The van der Waals surface area contributed by atoms with Gasteiger partial charge in [0.1, 0.15) is 11.5 Å². The largest absolute Gasteiger partial charge is 0.497 e. The summed E-state index contributed by atoms with van der Waals surface area (Å²) in [6.07, 6.45) is 0.130. The molecule has 0 aliphatic rings. The molecule has 0 spiro atoms. The van der Waals surface area contributed by atoms with Crippen molar-refractivity contribution in [1.29, 1.82) is 0 Å². The number of methoxy groups -OCH3 is 3. The lowest BCUT2D eigenvalue weighted by atomic mass is 10.0. The summed E-state index contributed by atoms with van der Waals surface area (Å²) in [5.74, 6) is 1.65. The van der Waals surface area contributed by atoms with Gasteiger partial charge in [0, 0.05) is 54.5 Å². The molecule has 0 unspecified atom stereocenters. The van der Waals surface area contributed by atoms with Crippen LogP contribution in [0.25, 0.3) is 0 Å². The van der Waals surface area contributed by atoms with Gasteiger partial charge in [-0.1, -0.05) is 27.7 Å². The second kappa shape index (κ2) is 22.6. The number of aromatic nitrogens is 2. The third kappa shape index (κ3) is 12.8. The summed E-state index contributed by atoms with van der Waals surface area (Å²) in [6, 6.07) is 10.8. The van der Waals surface area contributed by atoms with Crippen molar-refractivity contribution in [3.63, 3.8) is 0 Å². The second-order valence-electron chi connectivity index (χ2n) is 12.7. The maximum absolute atomic E-state index is 12.8. The quantitative estimate of drug-likeness (QED) is 0.0912. The van der Waals surface area contributed by atoms with Gasteiger partial charge in [0.15, 0.2) is 10.8 Å². The van der Waals surface area contributed by atoms with Crippen molar-refractivity contribution < 1.29 is 33.4 Å². The number of hydrogen-bond acceptors (Lipinski definition) is 11. The average molecular weight is 781 g/mol. The molecule has 4 rings (SSSR count). The number of thiazole rings is 2. The van der Waals surface area contributed by atoms with Crippen LogP contribution in [0.1, 0.15) is 130 Å². The van der Waals surface area contributed by atoms with E-state index in [0.717, 1.165) is 41.4 Å². The maximum Gasteiger partial charge on any atom is 0.367 e. The first kappa shape index (κ1) is 45.5. The van der Waals surface area contributed by atoms with E-state index < -0.39 is 0 Å². The molecule has 0 saturated carbocycles. The minimum Gasteiger partial charge on any atom is -0.497 e. The Kier molecular flexibility index (Phi) is 19.0. The van der Waals surface area contributed by atoms with Crippen LogP contribution in [-0.4, -0.2) is 90.8 Å². The molecular formula is C41H56N4O7S2. The van der Waals surface area contributed by atoms with Gasteiger partial charge < -0.3 is 24.0 Å². The molecule has 2 aromatic carbocycles. The number of aryl methyl sites for hydroxylation is 1. The van der Waals surface area contributed by atoms with E-state index in [1.54, 1.807) is 37.3 Å². The number of ketones is 1. The number of amides is 2. The van der Waals surface area contributed by atoms with E-state index in [1.165, 1.54) is 29.8 Å². The van der Waals surface area contributed by atoms with Crippen molar-refractivity contribution in [3.8, 4) is 11.5 Å². The topological polar surface area (TPSA) is 128 Å². The number of Topliss-reactive ketones (excluding diaryl/α,β-unsaturated/α-hetero) is 1. The average Bonchev–Trinajstić information content (AvgIpc) is 3.88. The predicted octanol–water partition coefficient (Wildman–Crippen LogP) is 8.72. The van der Waals surface area contributed by atoms with Gasteiger partial charge in [0.25, 0.3) is 11.8 Å². The highest BCUT2D eigenvalue weighted by Gasteiger charge is 2.21. The van der Waals surface area contributed by atoms with Gasteiger partial charge in [0.2, 0.25) is 5.01 Å². The summed E-state index contributed by atoms with van der Waals surface area (Å²) in [5.41, 5.74) is 4.79. The fourth-order valence-electron chi connectivity index (χ4n) is 5.08. The molecule has 0 atom stereocenters.